The minimum absolute atomic E-state index is 1.23. The summed E-state index contributed by atoms with van der Waals surface area (Å²) in [6.45, 7) is 0. The molecule has 23 heavy (non-hydrogen) atoms. The Balaban J connectivity index is 1.67. The molecular weight excluding hydrogens is 296 g/mol. The molecule has 1 aromatic heterocycles. The number of benzene rings is 3. The number of rotatable bonds is 3. The van der Waals surface area contributed by atoms with Crippen molar-refractivity contribution in [3.8, 4) is 10.4 Å². The van der Waals surface area contributed by atoms with E-state index in [1.165, 1.54) is 31.7 Å². The zero-order valence-corrected chi connectivity index (χ0v) is 13.5. The van der Waals surface area contributed by atoms with Crippen LogP contribution >= 0.6 is 11.3 Å². The van der Waals surface area contributed by atoms with Crippen molar-refractivity contribution in [2.24, 2.45) is 0 Å². The van der Waals surface area contributed by atoms with Gasteiger partial charge in [-0.3, -0.25) is 0 Å². The molecule has 0 unspecified atom stereocenters. The van der Waals surface area contributed by atoms with Gasteiger partial charge in [-0.2, -0.15) is 0 Å². The van der Waals surface area contributed by atoms with Crippen molar-refractivity contribution in [1.82, 2.24) is 0 Å². The van der Waals surface area contributed by atoms with Crippen LogP contribution in [0, 0.1) is 0 Å². The van der Waals surface area contributed by atoms with Crippen molar-refractivity contribution < 1.29 is 0 Å². The molecule has 0 saturated carbocycles. The highest BCUT2D eigenvalue weighted by molar-refractivity contribution is 7.22. The van der Waals surface area contributed by atoms with Crippen LogP contribution in [-0.2, 0) is 0 Å². The Labute approximate surface area is 140 Å². The first-order chi connectivity index (χ1) is 11.4. The van der Waals surface area contributed by atoms with Crippen molar-refractivity contribution in [3.63, 3.8) is 0 Å². The van der Waals surface area contributed by atoms with Crippen molar-refractivity contribution in [1.29, 1.82) is 0 Å². The Morgan fingerprint density at radius 3 is 2.09 bits per heavy atom. The van der Waals surface area contributed by atoms with Crippen LogP contribution in [0.15, 0.2) is 84.9 Å². The minimum Gasteiger partial charge on any atom is -0.135 e. The molecule has 0 bridgehead atoms. The second-order valence-electron chi connectivity index (χ2n) is 5.52. The molecule has 0 radical (unpaired) electrons. The molecule has 0 saturated heterocycles. The Morgan fingerprint density at radius 2 is 1.30 bits per heavy atom. The molecule has 3 aromatic carbocycles. The van der Waals surface area contributed by atoms with Crippen molar-refractivity contribution in [3.05, 3.63) is 96.1 Å². The number of hydrogen-bond donors (Lipinski definition) is 0. The minimum atomic E-state index is 1.23. The highest BCUT2D eigenvalue weighted by Gasteiger charge is 2.04. The molecule has 1 heteroatoms. The lowest BCUT2D eigenvalue weighted by atomic mass is 10.1. The number of fused-ring (bicyclic) bond motifs is 1. The van der Waals surface area contributed by atoms with Gasteiger partial charge in [0.15, 0.2) is 0 Å². The van der Waals surface area contributed by atoms with Gasteiger partial charge in [0.2, 0.25) is 0 Å². The summed E-state index contributed by atoms with van der Waals surface area (Å²) in [5.74, 6) is 0. The maximum absolute atomic E-state index is 2.28. The van der Waals surface area contributed by atoms with Gasteiger partial charge in [-0.1, -0.05) is 84.9 Å². The Morgan fingerprint density at radius 1 is 0.609 bits per heavy atom. The van der Waals surface area contributed by atoms with Gasteiger partial charge in [0, 0.05) is 9.58 Å². The van der Waals surface area contributed by atoms with Crippen LogP contribution in [-0.4, -0.2) is 0 Å². The smallest absolute Gasteiger partial charge is 0.0355 e. The Kier molecular flexibility index (Phi) is 3.79. The van der Waals surface area contributed by atoms with E-state index in [9.17, 15) is 0 Å². The number of thiophene rings is 1. The molecule has 0 aliphatic rings. The van der Waals surface area contributed by atoms with Crippen LogP contribution in [0.3, 0.4) is 0 Å². The van der Waals surface area contributed by atoms with Crippen LogP contribution in [0.5, 0.6) is 0 Å². The van der Waals surface area contributed by atoms with Gasteiger partial charge < -0.3 is 0 Å². The summed E-state index contributed by atoms with van der Waals surface area (Å²) in [5, 5.41) is 1.31. The average Bonchev–Trinajstić information content (AvgIpc) is 3.05. The third-order valence-electron chi connectivity index (χ3n) is 3.87. The van der Waals surface area contributed by atoms with Crippen LogP contribution in [0.2, 0.25) is 0 Å². The van der Waals surface area contributed by atoms with E-state index in [1.807, 2.05) is 17.4 Å². The maximum atomic E-state index is 2.28. The van der Waals surface area contributed by atoms with E-state index < -0.39 is 0 Å². The SMILES string of the molecule is C(=Cc1ccc2cc(-c3ccccc3)sc2c1)c1ccccc1. The van der Waals surface area contributed by atoms with E-state index >= 15 is 0 Å². The maximum Gasteiger partial charge on any atom is 0.0355 e. The van der Waals surface area contributed by atoms with Gasteiger partial charge in [-0.15, -0.1) is 11.3 Å². The fourth-order valence-electron chi connectivity index (χ4n) is 2.65. The first-order valence-corrected chi connectivity index (χ1v) is 8.52. The van der Waals surface area contributed by atoms with Gasteiger partial charge in [-0.05, 0) is 34.2 Å². The molecular formula is C22H16S. The Hall–Kier alpha value is -2.64. The Bertz CT molecular complexity index is 947. The summed E-state index contributed by atoms with van der Waals surface area (Å²) in [6, 6.07) is 29.9. The zero-order chi connectivity index (χ0) is 15.5. The van der Waals surface area contributed by atoms with E-state index in [-0.39, 0.29) is 0 Å². The standard InChI is InChI=1S/C22H16S/c1-3-7-17(8-4-1)11-12-18-13-14-20-16-22(23-21(20)15-18)19-9-5-2-6-10-19/h1-16H. The largest absolute Gasteiger partial charge is 0.135 e. The lowest BCUT2D eigenvalue weighted by Gasteiger charge is -1.95. The van der Waals surface area contributed by atoms with Gasteiger partial charge in [0.1, 0.15) is 0 Å². The van der Waals surface area contributed by atoms with Gasteiger partial charge >= 0.3 is 0 Å². The third kappa shape index (κ3) is 3.10. The molecule has 0 fully saturated rings. The van der Waals surface area contributed by atoms with Crippen molar-refractivity contribution >= 4 is 33.6 Å². The van der Waals surface area contributed by atoms with Gasteiger partial charge in [0.05, 0.1) is 0 Å². The molecule has 4 aromatic rings. The molecule has 0 N–H and O–H groups in total. The summed E-state index contributed by atoms with van der Waals surface area (Å²) in [7, 11) is 0. The lowest BCUT2D eigenvalue weighted by molar-refractivity contribution is 1.66. The second-order valence-corrected chi connectivity index (χ2v) is 6.60. The summed E-state index contributed by atoms with van der Waals surface area (Å²) < 4.78 is 1.33. The van der Waals surface area contributed by atoms with Gasteiger partial charge in [0.25, 0.3) is 0 Å². The van der Waals surface area contributed by atoms with Crippen LogP contribution in [0.25, 0.3) is 32.7 Å². The summed E-state index contributed by atoms with van der Waals surface area (Å²) in [4.78, 5) is 1.32. The molecule has 0 aliphatic carbocycles. The average molecular weight is 312 g/mol. The van der Waals surface area contributed by atoms with E-state index in [2.05, 4.69) is 91.0 Å². The zero-order valence-electron chi connectivity index (χ0n) is 12.6. The van der Waals surface area contributed by atoms with E-state index in [0.717, 1.165) is 0 Å². The molecule has 0 nitrogen and oxygen atoms in total. The lowest BCUT2D eigenvalue weighted by Crippen LogP contribution is -1.72. The summed E-state index contributed by atoms with van der Waals surface area (Å²) >= 11 is 1.85. The molecule has 0 amide bonds. The molecule has 1 heterocycles. The molecule has 0 spiro atoms. The normalized spacial score (nSPS) is 11.3. The quantitative estimate of drug-likeness (QED) is 0.367. The van der Waals surface area contributed by atoms with E-state index in [1.54, 1.807) is 0 Å². The predicted octanol–water partition coefficient (Wildman–Crippen LogP) is 6.74. The first kappa shape index (κ1) is 14.0. The van der Waals surface area contributed by atoms with Crippen molar-refractivity contribution in [2.75, 3.05) is 0 Å². The van der Waals surface area contributed by atoms with Gasteiger partial charge in [-0.25, -0.2) is 0 Å². The third-order valence-corrected chi connectivity index (χ3v) is 5.02. The van der Waals surface area contributed by atoms with E-state index in [4.69, 9.17) is 0 Å². The fraction of sp³-hybridized carbons (Fsp3) is 0. The number of hydrogen-bond acceptors (Lipinski definition) is 1. The predicted molar refractivity (Wildman–Crippen MR) is 103 cm³/mol. The monoisotopic (exact) mass is 312 g/mol. The fourth-order valence-corrected chi connectivity index (χ4v) is 3.77. The van der Waals surface area contributed by atoms with Crippen molar-refractivity contribution in [2.45, 2.75) is 0 Å². The topological polar surface area (TPSA) is 0 Å². The summed E-state index contributed by atoms with van der Waals surface area (Å²) in [6.07, 6.45) is 4.34. The first-order valence-electron chi connectivity index (χ1n) is 7.71. The van der Waals surface area contributed by atoms with Crippen LogP contribution in [0.4, 0.5) is 0 Å². The highest BCUT2D eigenvalue weighted by Crippen LogP contribution is 2.34. The van der Waals surface area contributed by atoms with Crippen LogP contribution in [0.1, 0.15) is 11.1 Å². The highest BCUT2D eigenvalue weighted by atomic mass is 32.1. The van der Waals surface area contributed by atoms with Crippen LogP contribution < -0.4 is 0 Å². The molecule has 0 atom stereocenters. The summed E-state index contributed by atoms with van der Waals surface area (Å²) in [5.41, 5.74) is 3.75. The second kappa shape index (κ2) is 6.23. The van der Waals surface area contributed by atoms with E-state index in [0.29, 0.717) is 0 Å². The molecule has 4 rings (SSSR count). The molecule has 110 valence electrons. The molecule has 0 aliphatic heterocycles.